The molecule has 1 aliphatic heterocycles. The Balaban J connectivity index is 1.64. The first kappa shape index (κ1) is 10.5. The SMILES string of the molecule is Cc1ccc(CC2NC2c2ccccc2)cc1. The van der Waals surface area contributed by atoms with Crippen LogP contribution in [0.2, 0.25) is 0 Å². The van der Waals surface area contributed by atoms with E-state index in [1.54, 1.807) is 0 Å². The van der Waals surface area contributed by atoms with E-state index in [2.05, 4.69) is 66.8 Å². The smallest absolute Gasteiger partial charge is 0.0482 e. The quantitative estimate of drug-likeness (QED) is 0.793. The fourth-order valence-corrected chi connectivity index (χ4v) is 2.32. The first-order valence-electron chi connectivity index (χ1n) is 6.19. The highest BCUT2D eigenvalue weighted by Crippen LogP contribution is 2.31. The van der Waals surface area contributed by atoms with Crippen LogP contribution in [0.15, 0.2) is 54.6 Å². The largest absolute Gasteiger partial charge is 0.304 e. The Hall–Kier alpha value is -1.60. The summed E-state index contributed by atoms with van der Waals surface area (Å²) in [4.78, 5) is 0. The second-order valence-electron chi connectivity index (χ2n) is 4.85. The molecule has 0 spiro atoms. The Morgan fingerprint density at radius 3 is 2.35 bits per heavy atom. The summed E-state index contributed by atoms with van der Waals surface area (Å²) in [6.45, 7) is 2.13. The molecule has 1 N–H and O–H groups in total. The van der Waals surface area contributed by atoms with Crippen molar-refractivity contribution in [1.29, 1.82) is 0 Å². The van der Waals surface area contributed by atoms with Gasteiger partial charge in [-0.3, -0.25) is 0 Å². The number of aryl methyl sites for hydroxylation is 1. The first-order valence-corrected chi connectivity index (χ1v) is 6.19. The monoisotopic (exact) mass is 223 g/mol. The molecule has 1 heterocycles. The van der Waals surface area contributed by atoms with Crippen LogP contribution in [0.1, 0.15) is 22.7 Å². The van der Waals surface area contributed by atoms with Crippen LogP contribution >= 0.6 is 0 Å². The van der Waals surface area contributed by atoms with Crippen LogP contribution in [0, 0.1) is 6.92 Å². The van der Waals surface area contributed by atoms with E-state index in [1.807, 2.05) is 0 Å². The molecule has 2 unspecified atom stereocenters. The van der Waals surface area contributed by atoms with E-state index in [1.165, 1.54) is 16.7 Å². The number of hydrogen-bond donors (Lipinski definition) is 1. The lowest BCUT2D eigenvalue weighted by atomic mass is 10.0. The summed E-state index contributed by atoms with van der Waals surface area (Å²) in [6, 6.07) is 20.7. The predicted octanol–water partition coefficient (Wildman–Crippen LogP) is 3.25. The summed E-state index contributed by atoms with van der Waals surface area (Å²) in [6.07, 6.45) is 1.12. The summed E-state index contributed by atoms with van der Waals surface area (Å²) >= 11 is 0. The third-order valence-electron chi connectivity index (χ3n) is 3.42. The molecule has 0 radical (unpaired) electrons. The van der Waals surface area contributed by atoms with Gasteiger partial charge < -0.3 is 5.32 Å². The van der Waals surface area contributed by atoms with Crippen molar-refractivity contribution < 1.29 is 0 Å². The number of rotatable bonds is 3. The van der Waals surface area contributed by atoms with Crippen molar-refractivity contribution in [2.75, 3.05) is 0 Å². The van der Waals surface area contributed by atoms with Crippen LogP contribution in [0.4, 0.5) is 0 Å². The van der Waals surface area contributed by atoms with Crippen molar-refractivity contribution >= 4 is 0 Å². The molecule has 2 atom stereocenters. The van der Waals surface area contributed by atoms with Crippen molar-refractivity contribution in [2.24, 2.45) is 0 Å². The van der Waals surface area contributed by atoms with E-state index < -0.39 is 0 Å². The lowest BCUT2D eigenvalue weighted by Crippen LogP contribution is -1.96. The lowest BCUT2D eigenvalue weighted by molar-refractivity contribution is 0.901. The summed E-state index contributed by atoms with van der Waals surface area (Å²) < 4.78 is 0. The summed E-state index contributed by atoms with van der Waals surface area (Å²) in [5.74, 6) is 0. The summed E-state index contributed by atoms with van der Waals surface area (Å²) in [5, 5.41) is 3.55. The van der Waals surface area contributed by atoms with E-state index in [0.29, 0.717) is 12.1 Å². The molecule has 86 valence electrons. The van der Waals surface area contributed by atoms with Gasteiger partial charge in [0.15, 0.2) is 0 Å². The first-order chi connectivity index (χ1) is 8.33. The van der Waals surface area contributed by atoms with Gasteiger partial charge in [0, 0.05) is 12.1 Å². The van der Waals surface area contributed by atoms with Gasteiger partial charge in [-0.05, 0) is 24.5 Å². The third-order valence-corrected chi connectivity index (χ3v) is 3.42. The van der Waals surface area contributed by atoms with Crippen LogP contribution in [-0.4, -0.2) is 6.04 Å². The van der Waals surface area contributed by atoms with Crippen LogP contribution in [0.5, 0.6) is 0 Å². The standard InChI is InChI=1S/C16H17N/c1-12-7-9-13(10-8-12)11-15-16(17-15)14-5-3-2-4-6-14/h2-10,15-17H,11H2,1H3. The molecule has 17 heavy (non-hydrogen) atoms. The highest BCUT2D eigenvalue weighted by molar-refractivity contribution is 5.29. The molecular weight excluding hydrogens is 206 g/mol. The molecule has 1 saturated heterocycles. The van der Waals surface area contributed by atoms with E-state index in [0.717, 1.165) is 6.42 Å². The predicted molar refractivity (Wildman–Crippen MR) is 71.0 cm³/mol. The van der Waals surface area contributed by atoms with E-state index in [9.17, 15) is 0 Å². The zero-order valence-corrected chi connectivity index (χ0v) is 10.1. The molecule has 0 saturated carbocycles. The molecule has 1 nitrogen and oxygen atoms in total. The van der Waals surface area contributed by atoms with Gasteiger partial charge in [0.2, 0.25) is 0 Å². The fourth-order valence-electron chi connectivity index (χ4n) is 2.32. The molecule has 1 heteroatoms. The Morgan fingerprint density at radius 1 is 0.941 bits per heavy atom. The molecule has 1 aliphatic rings. The maximum atomic E-state index is 3.55. The van der Waals surface area contributed by atoms with Crippen molar-refractivity contribution in [3.05, 3.63) is 71.3 Å². The number of benzene rings is 2. The molecule has 2 aromatic rings. The molecule has 2 aromatic carbocycles. The van der Waals surface area contributed by atoms with E-state index in [-0.39, 0.29) is 0 Å². The third kappa shape index (κ3) is 2.40. The summed E-state index contributed by atoms with van der Waals surface area (Å²) in [7, 11) is 0. The van der Waals surface area contributed by atoms with Gasteiger partial charge in [-0.25, -0.2) is 0 Å². The minimum Gasteiger partial charge on any atom is -0.304 e. The fraction of sp³-hybridized carbons (Fsp3) is 0.250. The van der Waals surface area contributed by atoms with Gasteiger partial charge >= 0.3 is 0 Å². The van der Waals surface area contributed by atoms with Crippen LogP contribution in [0.3, 0.4) is 0 Å². The molecular formula is C16H17N. The van der Waals surface area contributed by atoms with Crippen LogP contribution in [-0.2, 0) is 6.42 Å². The van der Waals surface area contributed by atoms with Gasteiger partial charge in [-0.1, -0.05) is 60.2 Å². The molecule has 3 rings (SSSR count). The van der Waals surface area contributed by atoms with E-state index in [4.69, 9.17) is 0 Å². The summed E-state index contributed by atoms with van der Waals surface area (Å²) in [5.41, 5.74) is 4.16. The lowest BCUT2D eigenvalue weighted by Gasteiger charge is -2.00. The minimum atomic E-state index is 0.553. The maximum absolute atomic E-state index is 3.55. The Labute approximate surface area is 102 Å². The molecule has 0 aromatic heterocycles. The zero-order chi connectivity index (χ0) is 11.7. The van der Waals surface area contributed by atoms with E-state index >= 15 is 0 Å². The van der Waals surface area contributed by atoms with Crippen molar-refractivity contribution in [2.45, 2.75) is 25.4 Å². The van der Waals surface area contributed by atoms with Crippen LogP contribution in [0.25, 0.3) is 0 Å². The van der Waals surface area contributed by atoms with Crippen molar-refractivity contribution in [1.82, 2.24) is 5.32 Å². The number of hydrogen-bond acceptors (Lipinski definition) is 1. The average Bonchev–Trinajstić information content (AvgIpc) is 3.13. The normalized spacial score (nSPS) is 22.4. The zero-order valence-electron chi connectivity index (χ0n) is 10.1. The minimum absolute atomic E-state index is 0.553. The highest BCUT2D eigenvalue weighted by Gasteiger charge is 2.36. The Bertz CT molecular complexity index is 487. The van der Waals surface area contributed by atoms with Gasteiger partial charge in [-0.2, -0.15) is 0 Å². The Morgan fingerprint density at radius 2 is 1.65 bits per heavy atom. The van der Waals surface area contributed by atoms with Crippen molar-refractivity contribution in [3.63, 3.8) is 0 Å². The molecule has 0 bridgehead atoms. The maximum Gasteiger partial charge on any atom is 0.0482 e. The molecule has 1 fully saturated rings. The van der Waals surface area contributed by atoms with Gasteiger partial charge in [0.25, 0.3) is 0 Å². The van der Waals surface area contributed by atoms with Gasteiger partial charge in [-0.15, -0.1) is 0 Å². The van der Waals surface area contributed by atoms with Crippen molar-refractivity contribution in [3.8, 4) is 0 Å². The average molecular weight is 223 g/mol. The molecule has 0 aliphatic carbocycles. The Kier molecular flexibility index (Phi) is 2.69. The highest BCUT2D eigenvalue weighted by atomic mass is 15.1. The second-order valence-corrected chi connectivity index (χ2v) is 4.85. The van der Waals surface area contributed by atoms with Gasteiger partial charge in [0.1, 0.15) is 0 Å². The van der Waals surface area contributed by atoms with Gasteiger partial charge in [0.05, 0.1) is 0 Å². The topological polar surface area (TPSA) is 21.9 Å². The second kappa shape index (κ2) is 4.34. The number of nitrogens with one attached hydrogen (secondary N) is 1. The molecule has 0 amide bonds. The van der Waals surface area contributed by atoms with Crippen LogP contribution < -0.4 is 5.32 Å².